The van der Waals surface area contributed by atoms with Crippen LogP contribution < -0.4 is 4.90 Å². The van der Waals surface area contributed by atoms with Crippen molar-refractivity contribution in [2.45, 2.75) is 0 Å². The van der Waals surface area contributed by atoms with E-state index < -0.39 is 4.92 Å². The average Bonchev–Trinajstić information content (AvgIpc) is 2.37. The predicted molar refractivity (Wildman–Crippen MR) is 65.1 cm³/mol. The Morgan fingerprint density at radius 1 is 1.72 bits per heavy atom. The van der Waals surface area contributed by atoms with Gasteiger partial charge < -0.3 is 10.0 Å². The van der Waals surface area contributed by atoms with Crippen LogP contribution in [0.2, 0.25) is 0 Å². The second kappa shape index (κ2) is 6.32. The maximum atomic E-state index is 11.0. The largest absolute Gasteiger partial charge is 0.395 e. The Labute approximate surface area is 104 Å². The third kappa shape index (κ3) is 2.81. The number of aliphatic hydroxyl groups is 1. The van der Waals surface area contributed by atoms with E-state index in [4.69, 9.17) is 10.4 Å². The fraction of sp³-hybridized carbons (Fsp3) is 0.273. The summed E-state index contributed by atoms with van der Waals surface area (Å²) in [7, 11) is 0. The summed E-state index contributed by atoms with van der Waals surface area (Å²) in [5.41, 5.74) is -0.410. The minimum absolute atomic E-state index is 0.0583. The van der Waals surface area contributed by atoms with Gasteiger partial charge in [0.25, 0.3) is 0 Å². The van der Waals surface area contributed by atoms with E-state index in [9.17, 15) is 10.1 Å². The summed E-state index contributed by atoms with van der Waals surface area (Å²) < 4.78 is 0. The SMILES string of the molecule is C=CCN(CCO)c1nccc(C#N)c1[N+](=O)[O-]. The molecule has 0 aromatic carbocycles. The summed E-state index contributed by atoms with van der Waals surface area (Å²) in [6.45, 7) is 3.83. The number of hydrogen-bond acceptors (Lipinski definition) is 6. The summed E-state index contributed by atoms with van der Waals surface area (Å²) in [6, 6.07) is 3.04. The average molecular weight is 248 g/mol. The molecule has 0 radical (unpaired) electrons. The van der Waals surface area contributed by atoms with Crippen LogP contribution in [-0.4, -0.2) is 34.7 Å². The number of nitriles is 1. The van der Waals surface area contributed by atoms with E-state index in [-0.39, 0.29) is 30.2 Å². The summed E-state index contributed by atoms with van der Waals surface area (Å²) in [4.78, 5) is 15.8. The summed E-state index contributed by atoms with van der Waals surface area (Å²) in [5.74, 6) is 0.0630. The number of rotatable bonds is 6. The highest BCUT2D eigenvalue weighted by Gasteiger charge is 2.24. The Kier molecular flexibility index (Phi) is 4.78. The van der Waals surface area contributed by atoms with Gasteiger partial charge in [-0.05, 0) is 6.07 Å². The molecule has 1 N–H and O–H groups in total. The molecule has 0 spiro atoms. The molecule has 7 nitrogen and oxygen atoms in total. The molecule has 18 heavy (non-hydrogen) atoms. The highest BCUT2D eigenvalue weighted by atomic mass is 16.6. The molecule has 0 aliphatic carbocycles. The van der Waals surface area contributed by atoms with Gasteiger partial charge in [0.1, 0.15) is 11.6 Å². The van der Waals surface area contributed by atoms with E-state index in [0.29, 0.717) is 6.54 Å². The molecular weight excluding hydrogens is 236 g/mol. The van der Waals surface area contributed by atoms with Gasteiger partial charge in [-0.25, -0.2) is 4.98 Å². The van der Waals surface area contributed by atoms with Crippen LogP contribution in [0.1, 0.15) is 5.56 Å². The van der Waals surface area contributed by atoms with E-state index in [1.54, 1.807) is 12.1 Å². The zero-order valence-electron chi connectivity index (χ0n) is 9.61. The first-order valence-electron chi connectivity index (χ1n) is 5.15. The van der Waals surface area contributed by atoms with Crippen molar-refractivity contribution < 1.29 is 10.0 Å². The van der Waals surface area contributed by atoms with Crippen molar-refractivity contribution in [3.63, 3.8) is 0 Å². The number of aliphatic hydroxyl groups excluding tert-OH is 1. The predicted octanol–water partition coefficient (Wildman–Crippen LogP) is 0.846. The molecule has 1 aromatic rings. The van der Waals surface area contributed by atoms with Gasteiger partial charge in [0, 0.05) is 19.3 Å². The molecule has 0 atom stereocenters. The van der Waals surface area contributed by atoms with Crippen molar-refractivity contribution in [2.75, 3.05) is 24.6 Å². The van der Waals surface area contributed by atoms with Crippen molar-refractivity contribution in [2.24, 2.45) is 0 Å². The summed E-state index contributed by atoms with van der Waals surface area (Å²) in [6.07, 6.45) is 2.87. The smallest absolute Gasteiger partial charge is 0.329 e. The number of aromatic nitrogens is 1. The van der Waals surface area contributed by atoms with E-state index >= 15 is 0 Å². The van der Waals surface area contributed by atoms with E-state index in [1.165, 1.54) is 17.2 Å². The molecule has 1 heterocycles. The molecule has 1 aromatic heterocycles. The first-order chi connectivity index (χ1) is 8.65. The molecule has 0 amide bonds. The third-order valence-corrected chi connectivity index (χ3v) is 2.23. The highest BCUT2D eigenvalue weighted by Crippen LogP contribution is 2.28. The van der Waals surface area contributed by atoms with Crippen LogP contribution in [0.5, 0.6) is 0 Å². The van der Waals surface area contributed by atoms with Gasteiger partial charge in [0.2, 0.25) is 5.82 Å². The van der Waals surface area contributed by atoms with Gasteiger partial charge >= 0.3 is 5.69 Å². The number of nitrogens with zero attached hydrogens (tertiary/aromatic N) is 4. The lowest BCUT2D eigenvalue weighted by Gasteiger charge is -2.20. The quantitative estimate of drug-likeness (QED) is 0.454. The van der Waals surface area contributed by atoms with Gasteiger partial charge in [-0.1, -0.05) is 6.08 Å². The topological polar surface area (TPSA) is 103 Å². The van der Waals surface area contributed by atoms with E-state index in [0.717, 1.165) is 0 Å². The molecule has 0 bridgehead atoms. The van der Waals surface area contributed by atoms with Crippen molar-refractivity contribution in [3.8, 4) is 6.07 Å². The second-order valence-electron chi connectivity index (χ2n) is 3.36. The first kappa shape index (κ1) is 13.6. The molecule has 0 aliphatic heterocycles. The molecule has 0 unspecified atom stereocenters. The van der Waals surface area contributed by atoms with Crippen LogP contribution in [0, 0.1) is 21.4 Å². The zero-order valence-corrected chi connectivity index (χ0v) is 9.61. The Morgan fingerprint density at radius 3 is 2.94 bits per heavy atom. The number of pyridine rings is 1. The Morgan fingerprint density at radius 2 is 2.44 bits per heavy atom. The maximum Gasteiger partial charge on any atom is 0.329 e. The monoisotopic (exact) mass is 248 g/mol. The normalized spacial score (nSPS) is 9.56. The third-order valence-electron chi connectivity index (χ3n) is 2.23. The van der Waals surface area contributed by atoms with Crippen molar-refractivity contribution in [1.29, 1.82) is 5.26 Å². The summed E-state index contributed by atoms with van der Waals surface area (Å²) in [5, 5.41) is 28.8. The van der Waals surface area contributed by atoms with Gasteiger partial charge in [0.15, 0.2) is 0 Å². The van der Waals surface area contributed by atoms with Gasteiger partial charge in [-0.3, -0.25) is 10.1 Å². The molecule has 94 valence electrons. The molecule has 0 saturated carbocycles. The van der Waals surface area contributed by atoms with Gasteiger partial charge in [-0.15, -0.1) is 6.58 Å². The fourth-order valence-corrected chi connectivity index (χ4v) is 1.50. The maximum absolute atomic E-state index is 11.0. The zero-order chi connectivity index (χ0) is 13.5. The number of anilines is 1. The standard InChI is InChI=1S/C11H12N4O3/c1-2-5-14(6-7-16)11-10(15(17)18)9(8-12)3-4-13-11/h2-4,16H,1,5-7H2. The fourth-order valence-electron chi connectivity index (χ4n) is 1.50. The van der Waals surface area contributed by atoms with Crippen LogP contribution in [0.15, 0.2) is 24.9 Å². The molecule has 0 aliphatic rings. The van der Waals surface area contributed by atoms with Crippen molar-refractivity contribution in [3.05, 3.63) is 40.6 Å². The first-order valence-corrected chi connectivity index (χ1v) is 5.15. The molecule has 0 fully saturated rings. The molecule has 1 rings (SSSR count). The van der Waals surface area contributed by atoms with Crippen LogP contribution in [-0.2, 0) is 0 Å². The lowest BCUT2D eigenvalue weighted by atomic mass is 10.2. The minimum Gasteiger partial charge on any atom is -0.395 e. The van der Waals surface area contributed by atoms with Crippen molar-refractivity contribution >= 4 is 11.5 Å². The molecule has 0 saturated heterocycles. The van der Waals surface area contributed by atoms with Crippen LogP contribution in [0.3, 0.4) is 0 Å². The van der Waals surface area contributed by atoms with E-state index in [2.05, 4.69) is 11.6 Å². The summed E-state index contributed by atoms with van der Waals surface area (Å²) >= 11 is 0. The van der Waals surface area contributed by atoms with Crippen LogP contribution in [0.4, 0.5) is 11.5 Å². The Balaban J connectivity index is 3.33. The minimum atomic E-state index is -0.644. The number of nitro groups is 1. The number of hydrogen-bond donors (Lipinski definition) is 1. The van der Waals surface area contributed by atoms with Crippen molar-refractivity contribution in [1.82, 2.24) is 4.98 Å². The lowest BCUT2D eigenvalue weighted by molar-refractivity contribution is -0.384. The molecule has 7 heteroatoms. The Hall–Kier alpha value is -2.46. The van der Waals surface area contributed by atoms with Crippen LogP contribution in [0.25, 0.3) is 0 Å². The second-order valence-corrected chi connectivity index (χ2v) is 3.36. The van der Waals surface area contributed by atoms with E-state index in [1.807, 2.05) is 0 Å². The highest BCUT2D eigenvalue weighted by molar-refractivity contribution is 5.65. The van der Waals surface area contributed by atoms with Crippen LogP contribution >= 0.6 is 0 Å². The Bertz CT molecular complexity index is 496. The van der Waals surface area contributed by atoms with Gasteiger partial charge in [0.05, 0.1) is 11.5 Å². The molecular formula is C11H12N4O3. The lowest BCUT2D eigenvalue weighted by Crippen LogP contribution is -2.28. The van der Waals surface area contributed by atoms with Gasteiger partial charge in [-0.2, -0.15) is 5.26 Å².